The lowest BCUT2D eigenvalue weighted by atomic mass is 10.3. The quantitative estimate of drug-likeness (QED) is 0.653. The lowest BCUT2D eigenvalue weighted by molar-refractivity contribution is -0.135. The van der Waals surface area contributed by atoms with Gasteiger partial charge in [-0.1, -0.05) is 0 Å². The molecule has 0 aliphatic heterocycles. The van der Waals surface area contributed by atoms with Gasteiger partial charge in [0.15, 0.2) is 0 Å². The van der Waals surface area contributed by atoms with Crippen LogP contribution in [0.4, 0.5) is 5.69 Å². The second kappa shape index (κ2) is 5.44. The number of nitrogens with one attached hydrogen (secondary N) is 2. The number of hydrogen-bond donors (Lipinski definition) is 3. The molecular weight excluding hydrogens is 224 g/mol. The number of aliphatic carboxylic acids is 1. The van der Waals surface area contributed by atoms with Crippen LogP contribution < -0.4 is 10.6 Å². The Morgan fingerprint density at radius 3 is 2.47 bits per heavy atom. The van der Waals surface area contributed by atoms with Crippen molar-refractivity contribution in [3.05, 3.63) is 11.4 Å². The first-order valence-corrected chi connectivity index (χ1v) is 5.14. The Labute approximate surface area is 98.8 Å². The molecule has 1 amide bonds. The molecule has 1 aromatic rings. The highest BCUT2D eigenvalue weighted by Crippen LogP contribution is 2.17. The van der Waals surface area contributed by atoms with Crippen molar-refractivity contribution in [2.45, 2.75) is 13.8 Å². The minimum atomic E-state index is -0.994. The first-order valence-electron chi connectivity index (χ1n) is 5.14. The summed E-state index contributed by atoms with van der Waals surface area (Å²) < 4.78 is 1.68. The summed E-state index contributed by atoms with van der Waals surface area (Å²) in [7, 11) is 1.79. The number of anilines is 1. The van der Waals surface area contributed by atoms with Crippen LogP contribution in [0.15, 0.2) is 0 Å². The molecule has 0 saturated carbocycles. The number of carbonyl (C=O) groups is 2. The average molecular weight is 240 g/mol. The molecule has 0 unspecified atom stereocenters. The van der Waals surface area contributed by atoms with Gasteiger partial charge in [0.25, 0.3) is 0 Å². The van der Waals surface area contributed by atoms with E-state index in [-0.39, 0.29) is 19.0 Å². The summed E-state index contributed by atoms with van der Waals surface area (Å²) in [5.74, 6) is -1.28. The molecule has 0 aromatic carbocycles. The Kier molecular flexibility index (Phi) is 4.22. The van der Waals surface area contributed by atoms with Crippen LogP contribution in [0.2, 0.25) is 0 Å². The standard InChI is InChI=1S/C10H16N4O3/c1-6-10(7(2)14(3)13-6)12-8(15)4-11-5-9(16)17/h11H,4-5H2,1-3H3,(H,12,15)(H,16,17). The number of amides is 1. The predicted octanol–water partition coefficient (Wildman–Crippen LogP) is -0.350. The van der Waals surface area contributed by atoms with Crippen LogP contribution in [0, 0.1) is 13.8 Å². The van der Waals surface area contributed by atoms with E-state index in [1.54, 1.807) is 18.7 Å². The van der Waals surface area contributed by atoms with E-state index < -0.39 is 5.97 Å². The second-order valence-electron chi connectivity index (χ2n) is 3.71. The summed E-state index contributed by atoms with van der Waals surface area (Å²) in [6.45, 7) is 3.37. The van der Waals surface area contributed by atoms with Crippen molar-refractivity contribution in [2.24, 2.45) is 7.05 Å². The van der Waals surface area contributed by atoms with Gasteiger partial charge in [-0.15, -0.1) is 0 Å². The number of carboxylic acid groups (broad SMARTS) is 1. The normalized spacial score (nSPS) is 10.3. The zero-order valence-electron chi connectivity index (χ0n) is 10.1. The molecule has 94 valence electrons. The summed E-state index contributed by atoms with van der Waals surface area (Å²) >= 11 is 0. The molecule has 7 nitrogen and oxygen atoms in total. The summed E-state index contributed by atoms with van der Waals surface area (Å²) in [5.41, 5.74) is 2.26. The third-order valence-corrected chi connectivity index (χ3v) is 2.34. The number of aromatic nitrogens is 2. The Morgan fingerprint density at radius 1 is 1.35 bits per heavy atom. The van der Waals surface area contributed by atoms with Gasteiger partial charge in [-0.3, -0.25) is 19.6 Å². The maximum Gasteiger partial charge on any atom is 0.317 e. The molecular formula is C10H16N4O3. The second-order valence-corrected chi connectivity index (χ2v) is 3.71. The van der Waals surface area contributed by atoms with Crippen molar-refractivity contribution in [2.75, 3.05) is 18.4 Å². The van der Waals surface area contributed by atoms with Gasteiger partial charge in [0, 0.05) is 7.05 Å². The molecule has 0 aliphatic carbocycles. The predicted molar refractivity (Wildman–Crippen MR) is 61.8 cm³/mol. The maximum atomic E-state index is 11.5. The van der Waals surface area contributed by atoms with E-state index in [4.69, 9.17) is 5.11 Å². The van der Waals surface area contributed by atoms with E-state index in [9.17, 15) is 9.59 Å². The van der Waals surface area contributed by atoms with Crippen LogP contribution >= 0.6 is 0 Å². The number of hydrogen-bond acceptors (Lipinski definition) is 4. The fraction of sp³-hybridized carbons (Fsp3) is 0.500. The third-order valence-electron chi connectivity index (χ3n) is 2.34. The smallest absolute Gasteiger partial charge is 0.317 e. The summed E-state index contributed by atoms with van der Waals surface area (Å²) in [5, 5.41) is 17.8. The molecule has 0 aliphatic rings. The van der Waals surface area contributed by atoms with Crippen LogP contribution in [0.3, 0.4) is 0 Å². The summed E-state index contributed by atoms with van der Waals surface area (Å²) in [6, 6.07) is 0. The van der Waals surface area contributed by atoms with Crippen LogP contribution in [-0.2, 0) is 16.6 Å². The van der Waals surface area contributed by atoms with Crippen LogP contribution in [0.1, 0.15) is 11.4 Å². The van der Waals surface area contributed by atoms with Gasteiger partial charge >= 0.3 is 5.97 Å². The maximum absolute atomic E-state index is 11.5. The van der Waals surface area contributed by atoms with Gasteiger partial charge in [0.2, 0.25) is 5.91 Å². The highest BCUT2D eigenvalue weighted by Gasteiger charge is 2.12. The summed E-state index contributed by atoms with van der Waals surface area (Å²) in [4.78, 5) is 21.7. The molecule has 3 N–H and O–H groups in total. The van der Waals surface area contributed by atoms with Gasteiger partial charge in [0.05, 0.1) is 30.2 Å². The molecule has 0 atom stereocenters. The first-order chi connectivity index (χ1) is 7.91. The largest absolute Gasteiger partial charge is 0.480 e. The molecule has 1 aromatic heterocycles. The molecule has 17 heavy (non-hydrogen) atoms. The first kappa shape index (κ1) is 13.2. The minimum absolute atomic E-state index is 0.0416. The van der Waals surface area contributed by atoms with Crippen LogP contribution in [-0.4, -0.2) is 39.9 Å². The van der Waals surface area contributed by atoms with Gasteiger partial charge in [0.1, 0.15) is 0 Å². The van der Waals surface area contributed by atoms with E-state index in [1.165, 1.54) is 0 Å². The van der Waals surface area contributed by atoms with Crippen molar-refractivity contribution in [1.82, 2.24) is 15.1 Å². The zero-order chi connectivity index (χ0) is 13.0. The molecule has 1 heterocycles. The molecule has 0 radical (unpaired) electrons. The number of carbonyl (C=O) groups excluding carboxylic acids is 1. The Bertz CT molecular complexity index is 439. The molecule has 0 bridgehead atoms. The lowest BCUT2D eigenvalue weighted by Gasteiger charge is -2.05. The molecule has 0 fully saturated rings. The number of rotatable bonds is 5. The van der Waals surface area contributed by atoms with Gasteiger partial charge < -0.3 is 10.4 Å². The Morgan fingerprint density at radius 2 is 2.00 bits per heavy atom. The van der Waals surface area contributed by atoms with E-state index in [0.29, 0.717) is 5.69 Å². The topological polar surface area (TPSA) is 96.3 Å². The SMILES string of the molecule is Cc1nn(C)c(C)c1NC(=O)CNCC(=O)O. The van der Waals surface area contributed by atoms with E-state index in [1.807, 2.05) is 6.92 Å². The van der Waals surface area contributed by atoms with Crippen molar-refractivity contribution < 1.29 is 14.7 Å². The highest BCUT2D eigenvalue weighted by atomic mass is 16.4. The molecule has 7 heteroatoms. The fourth-order valence-corrected chi connectivity index (χ4v) is 1.42. The van der Waals surface area contributed by atoms with Gasteiger partial charge in [-0.25, -0.2) is 0 Å². The van der Waals surface area contributed by atoms with Gasteiger partial charge in [-0.2, -0.15) is 5.10 Å². The fourth-order valence-electron chi connectivity index (χ4n) is 1.42. The zero-order valence-corrected chi connectivity index (χ0v) is 10.1. The Hall–Kier alpha value is -1.89. The lowest BCUT2D eigenvalue weighted by Crippen LogP contribution is -2.32. The minimum Gasteiger partial charge on any atom is -0.480 e. The summed E-state index contributed by atoms with van der Waals surface area (Å²) in [6.07, 6.45) is 0. The average Bonchev–Trinajstić information content (AvgIpc) is 2.44. The van der Waals surface area contributed by atoms with Gasteiger partial charge in [-0.05, 0) is 13.8 Å². The van der Waals surface area contributed by atoms with Crippen molar-refractivity contribution in [3.63, 3.8) is 0 Å². The van der Waals surface area contributed by atoms with E-state index >= 15 is 0 Å². The number of aryl methyl sites for hydroxylation is 2. The molecule has 1 rings (SSSR count). The van der Waals surface area contributed by atoms with Crippen molar-refractivity contribution >= 4 is 17.6 Å². The van der Waals surface area contributed by atoms with Crippen molar-refractivity contribution in [1.29, 1.82) is 0 Å². The number of carboxylic acids is 1. The van der Waals surface area contributed by atoms with E-state index in [2.05, 4.69) is 15.7 Å². The Balaban J connectivity index is 2.53. The monoisotopic (exact) mass is 240 g/mol. The number of nitrogens with zero attached hydrogens (tertiary/aromatic N) is 2. The molecule has 0 saturated heterocycles. The van der Waals surface area contributed by atoms with Crippen LogP contribution in [0.5, 0.6) is 0 Å². The third kappa shape index (κ3) is 3.56. The van der Waals surface area contributed by atoms with E-state index in [0.717, 1.165) is 11.4 Å². The van der Waals surface area contributed by atoms with Crippen LogP contribution in [0.25, 0.3) is 0 Å². The molecule has 0 spiro atoms. The highest BCUT2D eigenvalue weighted by molar-refractivity contribution is 5.93. The van der Waals surface area contributed by atoms with Crippen molar-refractivity contribution in [3.8, 4) is 0 Å².